The molecule has 3 aromatic carbocycles. The van der Waals surface area contributed by atoms with E-state index in [1.165, 1.54) is 41.3 Å². The standard InChI is InChI=1S/C23H17FN4O4/c24-17-9-5-15(6-10-17)13-27(23(30)16-7-11-18(12-8-16)28(31)32)14-21-25-20-4-2-1-3-19(20)22(29)26-21/h1-12H,13-14H2,(H,25,26,29). The van der Waals surface area contributed by atoms with Gasteiger partial charge in [0.05, 0.1) is 22.4 Å². The summed E-state index contributed by atoms with van der Waals surface area (Å²) in [4.78, 5) is 44.6. The highest BCUT2D eigenvalue weighted by Gasteiger charge is 2.19. The first-order valence-corrected chi connectivity index (χ1v) is 9.67. The van der Waals surface area contributed by atoms with E-state index in [1.54, 1.807) is 36.4 Å². The molecule has 0 atom stereocenters. The van der Waals surface area contributed by atoms with Gasteiger partial charge in [0.2, 0.25) is 0 Å². The number of nitro groups is 1. The maximum absolute atomic E-state index is 13.3. The molecule has 0 spiro atoms. The number of nitrogens with zero attached hydrogens (tertiary/aromatic N) is 3. The Balaban J connectivity index is 1.68. The highest BCUT2D eigenvalue weighted by Crippen LogP contribution is 2.17. The average Bonchev–Trinajstić information content (AvgIpc) is 2.80. The van der Waals surface area contributed by atoms with E-state index in [2.05, 4.69) is 9.97 Å². The van der Waals surface area contributed by atoms with Crippen LogP contribution in [0, 0.1) is 15.9 Å². The number of hydrogen-bond acceptors (Lipinski definition) is 5. The van der Waals surface area contributed by atoms with Crippen LogP contribution in [0.4, 0.5) is 10.1 Å². The summed E-state index contributed by atoms with van der Waals surface area (Å²) < 4.78 is 13.3. The third-order valence-electron chi connectivity index (χ3n) is 4.90. The Labute approximate surface area is 181 Å². The van der Waals surface area contributed by atoms with Gasteiger partial charge in [-0.3, -0.25) is 19.7 Å². The molecule has 1 N–H and O–H groups in total. The van der Waals surface area contributed by atoms with Crippen LogP contribution in [0.2, 0.25) is 0 Å². The number of aromatic amines is 1. The zero-order chi connectivity index (χ0) is 22.7. The fourth-order valence-electron chi connectivity index (χ4n) is 3.31. The summed E-state index contributed by atoms with van der Waals surface area (Å²) in [5.41, 5.74) is 0.948. The highest BCUT2D eigenvalue weighted by atomic mass is 19.1. The lowest BCUT2D eigenvalue weighted by molar-refractivity contribution is -0.384. The normalized spacial score (nSPS) is 10.8. The van der Waals surface area contributed by atoms with Gasteiger partial charge in [-0.05, 0) is 42.0 Å². The molecule has 0 saturated carbocycles. The molecule has 4 aromatic rings. The molecular weight excluding hydrogens is 415 g/mol. The Morgan fingerprint density at radius 2 is 1.69 bits per heavy atom. The van der Waals surface area contributed by atoms with Crippen LogP contribution in [0.5, 0.6) is 0 Å². The lowest BCUT2D eigenvalue weighted by atomic mass is 10.1. The summed E-state index contributed by atoms with van der Waals surface area (Å²) in [7, 11) is 0. The predicted octanol–water partition coefficient (Wildman–Crippen LogP) is 3.81. The lowest BCUT2D eigenvalue weighted by Gasteiger charge is -2.22. The minimum atomic E-state index is -0.547. The second kappa shape index (κ2) is 8.76. The quantitative estimate of drug-likeness (QED) is 0.368. The minimum Gasteiger partial charge on any atom is -0.327 e. The summed E-state index contributed by atoms with van der Waals surface area (Å²) >= 11 is 0. The van der Waals surface area contributed by atoms with E-state index in [0.29, 0.717) is 16.5 Å². The molecule has 0 aliphatic carbocycles. The Kier molecular flexibility index (Phi) is 5.71. The van der Waals surface area contributed by atoms with Crippen LogP contribution in [0.25, 0.3) is 10.9 Å². The number of carbonyl (C=O) groups excluding carboxylic acids is 1. The summed E-state index contributed by atoms with van der Waals surface area (Å²) in [6.07, 6.45) is 0. The zero-order valence-corrected chi connectivity index (χ0v) is 16.7. The van der Waals surface area contributed by atoms with Gasteiger partial charge in [-0.25, -0.2) is 9.37 Å². The van der Waals surface area contributed by atoms with Crippen LogP contribution in [-0.4, -0.2) is 25.7 Å². The van der Waals surface area contributed by atoms with Crippen molar-refractivity contribution in [1.82, 2.24) is 14.9 Å². The van der Waals surface area contributed by atoms with Crippen LogP contribution in [0.3, 0.4) is 0 Å². The second-order valence-electron chi connectivity index (χ2n) is 7.12. The van der Waals surface area contributed by atoms with Crippen LogP contribution in [0.1, 0.15) is 21.7 Å². The van der Waals surface area contributed by atoms with Crippen molar-refractivity contribution in [3.05, 3.63) is 116 Å². The van der Waals surface area contributed by atoms with Crippen molar-refractivity contribution >= 4 is 22.5 Å². The molecular formula is C23H17FN4O4. The van der Waals surface area contributed by atoms with Gasteiger partial charge in [0.15, 0.2) is 0 Å². The second-order valence-corrected chi connectivity index (χ2v) is 7.12. The molecule has 0 bridgehead atoms. The molecule has 0 aliphatic heterocycles. The third kappa shape index (κ3) is 4.51. The van der Waals surface area contributed by atoms with Crippen LogP contribution in [-0.2, 0) is 13.1 Å². The highest BCUT2D eigenvalue weighted by molar-refractivity contribution is 5.94. The van der Waals surface area contributed by atoms with Crippen molar-refractivity contribution in [2.24, 2.45) is 0 Å². The molecule has 1 aromatic heterocycles. The van der Waals surface area contributed by atoms with Crippen molar-refractivity contribution in [2.45, 2.75) is 13.1 Å². The minimum absolute atomic E-state index is 0.0206. The van der Waals surface area contributed by atoms with E-state index >= 15 is 0 Å². The molecule has 8 nitrogen and oxygen atoms in total. The molecule has 0 fully saturated rings. The number of amides is 1. The molecule has 4 rings (SSSR count). The molecule has 9 heteroatoms. The number of aromatic nitrogens is 2. The Morgan fingerprint density at radius 3 is 2.38 bits per heavy atom. The van der Waals surface area contributed by atoms with E-state index in [1.807, 2.05) is 0 Å². The molecule has 1 heterocycles. The molecule has 0 radical (unpaired) electrons. The van der Waals surface area contributed by atoms with Gasteiger partial charge >= 0.3 is 0 Å². The number of non-ortho nitro benzene ring substituents is 1. The van der Waals surface area contributed by atoms with Gasteiger partial charge in [-0.15, -0.1) is 0 Å². The largest absolute Gasteiger partial charge is 0.327 e. The van der Waals surface area contributed by atoms with E-state index in [0.717, 1.165) is 0 Å². The number of H-pyrrole nitrogens is 1. The van der Waals surface area contributed by atoms with E-state index in [4.69, 9.17) is 0 Å². The SMILES string of the molecule is O=C(c1ccc([N+](=O)[O-])cc1)N(Cc1ccc(F)cc1)Cc1nc2ccccc2c(=O)[nH]1. The number of rotatable bonds is 6. The van der Waals surface area contributed by atoms with Crippen molar-refractivity contribution in [1.29, 1.82) is 0 Å². The monoisotopic (exact) mass is 432 g/mol. The summed E-state index contributed by atoms with van der Waals surface area (Å²) in [5.74, 6) is -0.534. The van der Waals surface area contributed by atoms with Gasteiger partial charge < -0.3 is 9.88 Å². The Morgan fingerprint density at radius 1 is 1.00 bits per heavy atom. The summed E-state index contributed by atoms with van der Waals surface area (Å²) in [5, 5.41) is 11.3. The Bertz CT molecular complexity index is 1350. The number of halogens is 1. The molecule has 160 valence electrons. The van der Waals surface area contributed by atoms with Gasteiger partial charge in [-0.2, -0.15) is 0 Å². The van der Waals surface area contributed by atoms with E-state index in [9.17, 15) is 24.1 Å². The molecule has 32 heavy (non-hydrogen) atoms. The zero-order valence-electron chi connectivity index (χ0n) is 16.7. The van der Waals surface area contributed by atoms with E-state index in [-0.39, 0.29) is 35.7 Å². The smallest absolute Gasteiger partial charge is 0.269 e. The molecule has 1 amide bonds. The van der Waals surface area contributed by atoms with Crippen molar-refractivity contribution < 1.29 is 14.1 Å². The number of fused-ring (bicyclic) bond motifs is 1. The van der Waals surface area contributed by atoms with Crippen LogP contribution in [0.15, 0.2) is 77.6 Å². The number of hydrogen-bond donors (Lipinski definition) is 1. The topological polar surface area (TPSA) is 109 Å². The van der Waals surface area contributed by atoms with E-state index < -0.39 is 16.6 Å². The van der Waals surface area contributed by atoms with Crippen LogP contribution >= 0.6 is 0 Å². The molecule has 0 saturated heterocycles. The first-order valence-electron chi connectivity index (χ1n) is 9.67. The van der Waals surface area contributed by atoms with Gasteiger partial charge in [0.1, 0.15) is 11.6 Å². The number of carbonyl (C=O) groups is 1. The van der Waals surface area contributed by atoms with Gasteiger partial charge in [-0.1, -0.05) is 24.3 Å². The number of benzene rings is 3. The predicted molar refractivity (Wildman–Crippen MR) is 115 cm³/mol. The van der Waals surface area contributed by atoms with Crippen molar-refractivity contribution in [3.63, 3.8) is 0 Å². The Hall–Kier alpha value is -4.40. The number of nitrogens with one attached hydrogen (secondary N) is 1. The molecule has 0 aliphatic rings. The number of nitro benzene ring substituents is 1. The first-order chi connectivity index (χ1) is 15.4. The molecule has 0 unspecified atom stereocenters. The van der Waals surface area contributed by atoms with Crippen molar-refractivity contribution in [2.75, 3.05) is 0 Å². The maximum atomic E-state index is 13.3. The fraction of sp³-hybridized carbons (Fsp3) is 0.0870. The van der Waals surface area contributed by atoms with Gasteiger partial charge in [0.25, 0.3) is 17.2 Å². The third-order valence-corrected chi connectivity index (χ3v) is 4.90. The fourth-order valence-corrected chi connectivity index (χ4v) is 3.31. The van der Waals surface area contributed by atoms with Gasteiger partial charge in [0, 0.05) is 24.2 Å². The average molecular weight is 432 g/mol. The van der Waals surface area contributed by atoms with Crippen molar-refractivity contribution in [3.8, 4) is 0 Å². The lowest BCUT2D eigenvalue weighted by Crippen LogP contribution is -2.31. The summed E-state index contributed by atoms with van der Waals surface area (Å²) in [6.45, 7) is 0.0971. The first kappa shape index (κ1) is 20.9. The van der Waals surface area contributed by atoms with Crippen LogP contribution < -0.4 is 5.56 Å². The number of para-hydroxylation sites is 1. The maximum Gasteiger partial charge on any atom is 0.269 e. The summed E-state index contributed by atoms with van der Waals surface area (Å²) in [6, 6.07) is 17.8.